The van der Waals surface area contributed by atoms with Crippen LogP contribution >= 0.6 is 23.2 Å². The average Bonchev–Trinajstić information content (AvgIpc) is 3.36. The highest BCUT2D eigenvalue weighted by Crippen LogP contribution is 2.48. The summed E-state index contributed by atoms with van der Waals surface area (Å²) < 4.78 is 5.39. The zero-order valence-electron chi connectivity index (χ0n) is 13.0. The summed E-state index contributed by atoms with van der Waals surface area (Å²) in [6.45, 7) is 1.63. The van der Waals surface area contributed by atoms with Crippen molar-refractivity contribution in [3.63, 3.8) is 0 Å². The Morgan fingerprint density at radius 3 is 2.83 bits per heavy atom. The van der Waals surface area contributed by atoms with Gasteiger partial charge in [0.05, 0.1) is 0 Å². The van der Waals surface area contributed by atoms with Gasteiger partial charge in [0.2, 0.25) is 5.91 Å². The normalized spacial score (nSPS) is 24.1. The molecule has 4 rings (SSSR count). The molecule has 1 amide bonds. The summed E-state index contributed by atoms with van der Waals surface area (Å²) in [5.74, 6) is 1.76. The smallest absolute Gasteiger partial charge is 0.228 e. The van der Waals surface area contributed by atoms with Crippen molar-refractivity contribution in [1.82, 2.24) is 9.97 Å². The molecule has 1 saturated carbocycles. The van der Waals surface area contributed by atoms with Gasteiger partial charge in [-0.25, -0.2) is 9.97 Å². The van der Waals surface area contributed by atoms with Gasteiger partial charge in [-0.2, -0.15) is 0 Å². The topological polar surface area (TPSA) is 64.1 Å². The summed E-state index contributed by atoms with van der Waals surface area (Å²) in [4.78, 5) is 20.7. The van der Waals surface area contributed by atoms with Crippen LogP contribution in [0.3, 0.4) is 0 Å². The largest absolute Gasteiger partial charge is 0.381 e. The fraction of sp³-hybridized carbons (Fsp3) is 0.471. The van der Waals surface area contributed by atoms with Gasteiger partial charge in [0.25, 0.3) is 0 Å². The zero-order valence-corrected chi connectivity index (χ0v) is 14.5. The number of carbonyl (C=O) groups is 1. The van der Waals surface area contributed by atoms with Crippen LogP contribution in [0.4, 0.5) is 5.82 Å². The number of halogens is 2. The van der Waals surface area contributed by atoms with Crippen LogP contribution in [0, 0.1) is 17.8 Å². The zero-order chi connectivity index (χ0) is 16.7. The monoisotopic (exact) mass is 365 g/mol. The molecule has 0 unspecified atom stereocenters. The number of aromatic nitrogens is 2. The maximum Gasteiger partial charge on any atom is 0.228 e. The molecule has 126 valence electrons. The minimum Gasteiger partial charge on any atom is -0.381 e. The molecular formula is C17H17Cl2N3O2. The molecule has 0 radical (unpaired) electrons. The number of nitrogens with one attached hydrogen (secondary N) is 1. The molecule has 2 aliphatic rings. The van der Waals surface area contributed by atoms with Gasteiger partial charge in [0.1, 0.15) is 16.1 Å². The van der Waals surface area contributed by atoms with E-state index in [2.05, 4.69) is 15.3 Å². The molecule has 1 saturated heterocycles. The van der Waals surface area contributed by atoms with E-state index in [1.54, 1.807) is 18.3 Å². The lowest BCUT2D eigenvalue weighted by Crippen LogP contribution is -2.21. The van der Waals surface area contributed by atoms with E-state index in [4.69, 9.17) is 27.9 Å². The molecule has 2 aromatic rings. The van der Waals surface area contributed by atoms with E-state index in [1.165, 1.54) is 0 Å². The van der Waals surface area contributed by atoms with Crippen molar-refractivity contribution in [3.05, 3.63) is 28.6 Å². The molecule has 5 nitrogen and oxygen atoms in total. The van der Waals surface area contributed by atoms with E-state index >= 15 is 0 Å². The van der Waals surface area contributed by atoms with Crippen LogP contribution in [0.1, 0.15) is 19.3 Å². The first-order valence-corrected chi connectivity index (χ1v) is 8.88. The maximum atomic E-state index is 12.5. The number of pyridine rings is 2. The van der Waals surface area contributed by atoms with Crippen LogP contribution in [-0.4, -0.2) is 29.1 Å². The fourth-order valence-corrected chi connectivity index (χ4v) is 4.04. The van der Waals surface area contributed by atoms with Crippen LogP contribution in [0.5, 0.6) is 0 Å². The lowest BCUT2D eigenvalue weighted by atomic mass is 9.93. The van der Waals surface area contributed by atoms with E-state index in [9.17, 15) is 4.79 Å². The number of anilines is 1. The molecule has 2 fully saturated rings. The van der Waals surface area contributed by atoms with Crippen molar-refractivity contribution < 1.29 is 9.53 Å². The van der Waals surface area contributed by atoms with Gasteiger partial charge in [0.15, 0.2) is 0 Å². The Morgan fingerprint density at radius 1 is 1.25 bits per heavy atom. The van der Waals surface area contributed by atoms with E-state index in [-0.39, 0.29) is 11.8 Å². The first kappa shape index (κ1) is 16.1. The lowest BCUT2D eigenvalue weighted by Gasteiger charge is -2.21. The van der Waals surface area contributed by atoms with Gasteiger partial charge in [0, 0.05) is 30.7 Å². The number of hydrogen-bond donors (Lipinski definition) is 1. The molecule has 1 aliphatic carbocycles. The molecule has 2 atom stereocenters. The van der Waals surface area contributed by atoms with Crippen molar-refractivity contribution in [1.29, 1.82) is 0 Å². The Labute approximate surface area is 149 Å². The van der Waals surface area contributed by atoms with Crippen LogP contribution in [0.15, 0.2) is 18.3 Å². The third-order valence-corrected chi connectivity index (χ3v) is 5.42. The average molecular weight is 366 g/mol. The molecule has 3 heterocycles. The first-order valence-electron chi connectivity index (χ1n) is 8.12. The van der Waals surface area contributed by atoms with E-state index < -0.39 is 0 Å². The van der Waals surface area contributed by atoms with E-state index in [0.29, 0.717) is 33.3 Å². The number of carbonyl (C=O) groups excluding carboxylic acids is 1. The first-order chi connectivity index (χ1) is 11.6. The molecule has 24 heavy (non-hydrogen) atoms. The van der Waals surface area contributed by atoms with Crippen molar-refractivity contribution in [3.8, 4) is 0 Å². The summed E-state index contributed by atoms with van der Waals surface area (Å²) in [6.07, 6.45) is 4.70. The summed E-state index contributed by atoms with van der Waals surface area (Å²) in [7, 11) is 0. The van der Waals surface area contributed by atoms with Crippen molar-refractivity contribution >= 4 is 45.7 Å². The van der Waals surface area contributed by atoms with Gasteiger partial charge in [-0.3, -0.25) is 4.79 Å². The van der Waals surface area contributed by atoms with Crippen LogP contribution < -0.4 is 5.32 Å². The minimum absolute atomic E-state index is 0.0459. The highest BCUT2D eigenvalue weighted by atomic mass is 35.5. The Hall–Kier alpha value is -1.43. The second-order valence-electron chi connectivity index (χ2n) is 6.47. The number of ether oxygens (including phenoxy) is 1. The minimum atomic E-state index is 0.0459. The molecule has 1 aliphatic heterocycles. The predicted octanol–water partition coefficient (Wildman–Crippen LogP) is 3.94. The Morgan fingerprint density at radius 2 is 2.04 bits per heavy atom. The third kappa shape index (κ3) is 3.21. The molecule has 7 heteroatoms. The van der Waals surface area contributed by atoms with Gasteiger partial charge >= 0.3 is 0 Å². The SMILES string of the molecule is O=C(Nc1cc2cc(Cl)nc(Cl)c2cn1)[C@@H]1C[C@H]1C1CCOCC1. The Balaban J connectivity index is 1.45. The van der Waals surface area contributed by atoms with E-state index in [0.717, 1.165) is 37.9 Å². The number of nitrogens with zero attached hydrogens (tertiary/aromatic N) is 2. The number of rotatable bonds is 3. The van der Waals surface area contributed by atoms with Gasteiger partial charge in [-0.05, 0) is 48.6 Å². The second-order valence-corrected chi connectivity index (χ2v) is 7.22. The summed E-state index contributed by atoms with van der Waals surface area (Å²) >= 11 is 12.0. The quantitative estimate of drug-likeness (QED) is 0.836. The molecule has 0 aromatic carbocycles. The Bertz CT molecular complexity index is 793. The maximum absolute atomic E-state index is 12.5. The number of hydrogen-bond acceptors (Lipinski definition) is 4. The van der Waals surface area contributed by atoms with Gasteiger partial charge in [-0.1, -0.05) is 23.2 Å². The van der Waals surface area contributed by atoms with Gasteiger partial charge < -0.3 is 10.1 Å². The summed E-state index contributed by atoms with van der Waals surface area (Å²) in [5.41, 5.74) is 0. The van der Waals surface area contributed by atoms with Crippen molar-refractivity contribution in [2.75, 3.05) is 18.5 Å². The van der Waals surface area contributed by atoms with Crippen molar-refractivity contribution in [2.45, 2.75) is 19.3 Å². The molecule has 0 bridgehead atoms. The van der Waals surface area contributed by atoms with Crippen LogP contribution in [-0.2, 0) is 9.53 Å². The second kappa shape index (κ2) is 6.47. The Kier molecular flexibility index (Phi) is 4.33. The summed E-state index contributed by atoms with van der Waals surface area (Å²) in [5, 5.41) is 5.06. The highest BCUT2D eigenvalue weighted by molar-refractivity contribution is 6.36. The van der Waals surface area contributed by atoms with Gasteiger partial charge in [-0.15, -0.1) is 0 Å². The van der Waals surface area contributed by atoms with Crippen LogP contribution in [0.25, 0.3) is 10.8 Å². The third-order valence-electron chi connectivity index (χ3n) is 4.94. The highest BCUT2D eigenvalue weighted by Gasteiger charge is 2.47. The lowest BCUT2D eigenvalue weighted by molar-refractivity contribution is -0.117. The fourth-order valence-electron chi connectivity index (χ4n) is 3.55. The number of fused-ring (bicyclic) bond motifs is 1. The predicted molar refractivity (Wildman–Crippen MR) is 93.3 cm³/mol. The van der Waals surface area contributed by atoms with E-state index in [1.807, 2.05) is 0 Å². The van der Waals surface area contributed by atoms with Crippen molar-refractivity contribution in [2.24, 2.45) is 17.8 Å². The number of amides is 1. The molecule has 2 aromatic heterocycles. The molecule has 0 spiro atoms. The summed E-state index contributed by atoms with van der Waals surface area (Å²) in [6, 6.07) is 3.49. The van der Waals surface area contributed by atoms with Crippen LogP contribution in [0.2, 0.25) is 10.3 Å². The molecule has 1 N–H and O–H groups in total. The standard InChI is InChI=1S/C17H17Cl2N3O2/c18-14-5-10-6-15(20-8-13(10)16(19)21-14)22-17(23)12-7-11(12)9-1-3-24-4-2-9/h5-6,8-9,11-12H,1-4,7H2,(H,20,22,23)/t11-,12+/m0/s1. The molecular weight excluding hydrogens is 349 g/mol.